The van der Waals surface area contributed by atoms with E-state index in [9.17, 15) is 9.59 Å². The van der Waals surface area contributed by atoms with Crippen LogP contribution in [-0.2, 0) is 0 Å². The number of carbonyl (C=O) groups is 1. The van der Waals surface area contributed by atoms with Crippen molar-refractivity contribution >= 4 is 33.5 Å². The number of ether oxygens (including phenoxy) is 2. The van der Waals surface area contributed by atoms with Gasteiger partial charge in [-0.1, -0.05) is 18.2 Å². The van der Waals surface area contributed by atoms with Crippen molar-refractivity contribution in [1.82, 2.24) is 4.98 Å². The predicted molar refractivity (Wildman–Crippen MR) is 105 cm³/mol. The lowest BCUT2D eigenvalue weighted by atomic mass is 10.1. The van der Waals surface area contributed by atoms with E-state index in [4.69, 9.17) is 13.9 Å². The number of anilines is 1. The fourth-order valence-electron chi connectivity index (χ4n) is 3.00. The zero-order valence-corrected chi connectivity index (χ0v) is 15.2. The number of rotatable bonds is 4. The Kier molecular flexibility index (Phi) is 4.41. The summed E-state index contributed by atoms with van der Waals surface area (Å²) in [4.78, 5) is 29.5. The highest BCUT2D eigenvalue weighted by Gasteiger charge is 2.17. The first-order valence-electron chi connectivity index (χ1n) is 8.45. The molecule has 7 nitrogen and oxygen atoms in total. The SMILES string of the molecule is COc1cc(NC(=O)c2cc3cccc(OC)c3oc2=O)c2ncccc2c1. The van der Waals surface area contributed by atoms with Crippen molar-refractivity contribution < 1.29 is 18.7 Å². The molecule has 1 amide bonds. The molecule has 4 rings (SSSR count). The molecular formula is C21H16N2O5. The van der Waals surface area contributed by atoms with Crippen molar-refractivity contribution in [2.75, 3.05) is 19.5 Å². The first-order valence-corrected chi connectivity index (χ1v) is 8.45. The largest absolute Gasteiger partial charge is 0.497 e. The standard InChI is InChI=1S/C21H16N2O5/c1-26-14-9-12-6-4-8-22-18(12)16(11-14)23-20(24)15-10-13-5-3-7-17(27-2)19(13)28-21(15)25/h3-11H,1-2H3,(H,23,24). The second-order valence-electron chi connectivity index (χ2n) is 6.03. The second-order valence-corrected chi connectivity index (χ2v) is 6.03. The minimum atomic E-state index is -0.755. The average Bonchev–Trinajstić information content (AvgIpc) is 2.72. The quantitative estimate of drug-likeness (QED) is 0.547. The molecule has 0 spiro atoms. The van der Waals surface area contributed by atoms with Crippen molar-refractivity contribution in [3.63, 3.8) is 0 Å². The number of carbonyl (C=O) groups excluding carboxylic acids is 1. The summed E-state index contributed by atoms with van der Waals surface area (Å²) in [5.74, 6) is 0.384. The van der Waals surface area contributed by atoms with Crippen LogP contribution < -0.4 is 20.4 Å². The van der Waals surface area contributed by atoms with E-state index in [1.165, 1.54) is 20.3 Å². The molecular weight excluding hydrogens is 360 g/mol. The summed E-state index contributed by atoms with van der Waals surface area (Å²) in [6.45, 7) is 0. The molecule has 0 unspecified atom stereocenters. The van der Waals surface area contributed by atoms with E-state index < -0.39 is 11.5 Å². The van der Waals surface area contributed by atoms with Crippen LogP contribution in [0.2, 0.25) is 0 Å². The summed E-state index contributed by atoms with van der Waals surface area (Å²) in [5.41, 5.74) is 0.441. The Hall–Kier alpha value is -3.87. The van der Waals surface area contributed by atoms with Crippen LogP contribution in [0.1, 0.15) is 10.4 Å². The number of nitrogens with zero attached hydrogens (tertiary/aromatic N) is 1. The topological polar surface area (TPSA) is 90.7 Å². The number of hydrogen-bond acceptors (Lipinski definition) is 6. The van der Waals surface area contributed by atoms with Crippen molar-refractivity contribution in [3.8, 4) is 11.5 Å². The molecule has 2 heterocycles. The molecule has 0 atom stereocenters. The Balaban J connectivity index is 1.78. The Morgan fingerprint density at radius 3 is 2.64 bits per heavy atom. The van der Waals surface area contributed by atoms with Gasteiger partial charge in [-0.25, -0.2) is 4.79 Å². The summed E-state index contributed by atoms with van der Waals surface area (Å²) in [5, 5.41) is 4.12. The number of pyridine rings is 1. The third-order valence-corrected chi connectivity index (χ3v) is 4.35. The summed E-state index contributed by atoms with van der Waals surface area (Å²) in [6, 6.07) is 13.8. The van der Waals surface area contributed by atoms with Gasteiger partial charge in [-0.15, -0.1) is 0 Å². The summed E-state index contributed by atoms with van der Waals surface area (Å²) < 4.78 is 15.8. The van der Waals surface area contributed by atoms with Crippen molar-refractivity contribution in [3.05, 3.63) is 70.7 Å². The molecule has 1 N–H and O–H groups in total. The molecule has 0 saturated carbocycles. The zero-order valence-electron chi connectivity index (χ0n) is 15.2. The fourth-order valence-corrected chi connectivity index (χ4v) is 3.00. The van der Waals surface area contributed by atoms with Gasteiger partial charge in [0.15, 0.2) is 11.3 Å². The summed E-state index contributed by atoms with van der Waals surface area (Å²) in [6.07, 6.45) is 1.63. The summed E-state index contributed by atoms with van der Waals surface area (Å²) >= 11 is 0. The highest BCUT2D eigenvalue weighted by molar-refractivity contribution is 6.09. The van der Waals surface area contributed by atoms with E-state index in [0.29, 0.717) is 33.7 Å². The van der Waals surface area contributed by atoms with Crippen molar-refractivity contribution in [1.29, 1.82) is 0 Å². The second kappa shape index (κ2) is 7.03. The monoisotopic (exact) mass is 376 g/mol. The molecule has 0 aliphatic heterocycles. The Morgan fingerprint density at radius 2 is 1.86 bits per heavy atom. The third kappa shape index (κ3) is 3.03. The predicted octanol–water partition coefficient (Wildman–Crippen LogP) is 3.61. The van der Waals surface area contributed by atoms with E-state index in [1.54, 1.807) is 36.5 Å². The van der Waals surface area contributed by atoms with Crippen molar-refractivity contribution in [2.24, 2.45) is 0 Å². The number of amides is 1. The van der Waals surface area contributed by atoms with Crippen LogP contribution in [0.25, 0.3) is 21.9 Å². The number of para-hydroxylation sites is 1. The molecule has 7 heteroatoms. The highest BCUT2D eigenvalue weighted by atomic mass is 16.5. The maximum absolute atomic E-state index is 12.8. The maximum atomic E-state index is 12.8. The third-order valence-electron chi connectivity index (χ3n) is 4.35. The average molecular weight is 376 g/mol. The maximum Gasteiger partial charge on any atom is 0.349 e. The van der Waals surface area contributed by atoms with Crippen LogP contribution in [0.3, 0.4) is 0 Å². The summed E-state index contributed by atoms with van der Waals surface area (Å²) in [7, 11) is 3.02. The number of fused-ring (bicyclic) bond motifs is 2. The van der Waals surface area contributed by atoms with Gasteiger partial charge < -0.3 is 19.2 Å². The molecule has 140 valence electrons. The van der Waals surface area contributed by atoms with Gasteiger partial charge >= 0.3 is 5.63 Å². The van der Waals surface area contributed by atoms with E-state index in [-0.39, 0.29) is 5.56 Å². The van der Waals surface area contributed by atoms with Gasteiger partial charge in [0.1, 0.15) is 11.3 Å². The first-order chi connectivity index (χ1) is 13.6. The molecule has 4 aromatic rings. The Labute approximate surface area is 159 Å². The number of methoxy groups -OCH3 is 2. The van der Waals surface area contributed by atoms with Gasteiger partial charge in [-0.3, -0.25) is 9.78 Å². The van der Waals surface area contributed by atoms with E-state index in [1.807, 2.05) is 12.1 Å². The first kappa shape index (κ1) is 17.5. The molecule has 0 saturated heterocycles. The Bertz CT molecular complexity index is 1260. The van der Waals surface area contributed by atoms with Gasteiger partial charge in [0.25, 0.3) is 5.91 Å². The number of hydrogen-bond donors (Lipinski definition) is 1. The van der Waals surface area contributed by atoms with E-state index in [0.717, 1.165) is 5.39 Å². The molecule has 28 heavy (non-hydrogen) atoms. The van der Waals surface area contributed by atoms with Gasteiger partial charge in [0.05, 0.1) is 25.4 Å². The van der Waals surface area contributed by atoms with Gasteiger partial charge in [0.2, 0.25) is 0 Å². The lowest BCUT2D eigenvalue weighted by molar-refractivity contribution is 0.102. The van der Waals surface area contributed by atoms with Crippen molar-refractivity contribution in [2.45, 2.75) is 0 Å². The normalized spacial score (nSPS) is 10.8. The molecule has 0 radical (unpaired) electrons. The lowest BCUT2D eigenvalue weighted by Crippen LogP contribution is -2.21. The van der Waals surface area contributed by atoms with Crippen LogP contribution in [0.4, 0.5) is 5.69 Å². The fraction of sp³-hybridized carbons (Fsp3) is 0.0952. The van der Waals surface area contributed by atoms with Gasteiger partial charge in [-0.2, -0.15) is 0 Å². The minimum Gasteiger partial charge on any atom is -0.497 e. The van der Waals surface area contributed by atoms with Gasteiger partial charge in [0, 0.05) is 23.0 Å². The highest BCUT2D eigenvalue weighted by Crippen LogP contribution is 2.28. The van der Waals surface area contributed by atoms with Crippen LogP contribution in [-0.4, -0.2) is 25.1 Å². The molecule has 2 aromatic carbocycles. The van der Waals surface area contributed by atoms with E-state index in [2.05, 4.69) is 10.3 Å². The van der Waals surface area contributed by atoms with E-state index >= 15 is 0 Å². The molecule has 2 aromatic heterocycles. The number of nitrogens with one attached hydrogen (secondary N) is 1. The number of aromatic nitrogens is 1. The Morgan fingerprint density at radius 1 is 1.04 bits per heavy atom. The minimum absolute atomic E-state index is 0.118. The molecule has 0 aliphatic rings. The van der Waals surface area contributed by atoms with Gasteiger partial charge in [-0.05, 0) is 24.3 Å². The zero-order chi connectivity index (χ0) is 19.7. The molecule has 0 aliphatic carbocycles. The number of benzene rings is 2. The van der Waals surface area contributed by atoms with Crippen LogP contribution in [0.15, 0.2) is 63.9 Å². The smallest absolute Gasteiger partial charge is 0.349 e. The van der Waals surface area contributed by atoms with Crippen LogP contribution >= 0.6 is 0 Å². The lowest BCUT2D eigenvalue weighted by Gasteiger charge is -2.10. The van der Waals surface area contributed by atoms with Crippen LogP contribution in [0, 0.1) is 0 Å². The molecule has 0 bridgehead atoms. The molecule has 0 fully saturated rings. The van der Waals surface area contributed by atoms with Crippen LogP contribution in [0.5, 0.6) is 11.5 Å².